The van der Waals surface area contributed by atoms with Crippen LogP contribution in [0.5, 0.6) is 0 Å². The predicted molar refractivity (Wildman–Crippen MR) is 72.3 cm³/mol. The van der Waals surface area contributed by atoms with Crippen molar-refractivity contribution in [1.29, 1.82) is 5.26 Å². The van der Waals surface area contributed by atoms with Crippen LogP contribution in [0.1, 0.15) is 31.7 Å². The van der Waals surface area contributed by atoms with Crippen molar-refractivity contribution in [2.75, 3.05) is 25.0 Å². The fourth-order valence-electron chi connectivity index (χ4n) is 2.41. The molecule has 2 heterocycles. The minimum atomic E-state index is 0.351. The monoisotopic (exact) mass is 244 g/mol. The summed E-state index contributed by atoms with van der Waals surface area (Å²) >= 11 is 0. The molecule has 1 saturated heterocycles. The summed E-state index contributed by atoms with van der Waals surface area (Å²) in [6.07, 6.45) is 5.67. The van der Waals surface area contributed by atoms with Gasteiger partial charge in [-0.15, -0.1) is 0 Å². The minimum Gasteiger partial charge on any atom is -0.366 e. The second-order valence-electron chi connectivity index (χ2n) is 4.95. The van der Waals surface area contributed by atoms with Crippen LogP contribution in [0, 0.1) is 11.3 Å². The molecule has 1 aromatic heterocycles. The molecule has 0 aromatic carbocycles. The van der Waals surface area contributed by atoms with Crippen LogP contribution in [-0.4, -0.2) is 35.6 Å². The molecule has 0 radical (unpaired) electrons. The lowest BCUT2D eigenvalue weighted by Crippen LogP contribution is -2.38. The maximum absolute atomic E-state index is 8.84. The van der Waals surface area contributed by atoms with Gasteiger partial charge in [0, 0.05) is 18.8 Å². The Hall–Kier alpha value is -1.60. The van der Waals surface area contributed by atoms with Gasteiger partial charge < -0.3 is 10.2 Å². The van der Waals surface area contributed by atoms with E-state index in [-0.39, 0.29) is 0 Å². The normalized spacial score (nSPS) is 18.0. The van der Waals surface area contributed by atoms with Crippen LogP contribution >= 0.6 is 0 Å². The van der Waals surface area contributed by atoms with E-state index in [4.69, 9.17) is 5.26 Å². The lowest BCUT2D eigenvalue weighted by Gasteiger charge is -2.29. The third-order valence-corrected chi connectivity index (χ3v) is 3.26. The molecule has 0 aliphatic carbocycles. The number of likely N-dealkylation sites (tertiary alicyclic amines) is 1. The van der Waals surface area contributed by atoms with Crippen LogP contribution in [0.25, 0.3) is 0 Å². The molecule has 0 saturated carbocycles. The van der Waals surface area contributed by atoms with E-state index >= 15 is 0 Å². The topological polar surface area (TPSA) is 52.0 Å². The number of nitrogens with zero attached hydrogens (tertiary/aromatic N) is 3. The zero-order valence-electron chi connectivity index (χ0n) is 10.9. The number of piperidine rings is 1. The summed E-state index contributed by atoms with van der Waals surface area (Å²) in [5.41, 5.74) is 0.651. The van der Waals surface area contributed by atoms with Crippen LogP contribution in [-0.2, 0) is 0 Å². The van der Waals surface area contributed by atoms with Gasteiger partial charge in [0.15, 0.2) is 0 Å². The highest BCUT2D eigenvalue weighted by Gasteiger charge is 2.13. The summed E-state index contributed by atoms with van der Waals surface area (Å²) in [6, 6.07) is 6.00. The number of nitrogens with one attached hydrogen (secondary N) is 1. The fraction of sp³-hybridized carbons (Fsp3) is 0.571. The van der Waals surface area contributed by atoms with Crippen molar-refractivity contribution in [2.24, 2.45) is 0 Å². The highest BCUT2D eigenvalue weighted by Crippen LogP contribution is 2.11. The molecule has 1 aliphatic rings. The number of anilines is 1. The second kappa shape index (κ2) is 6.36. The van der Waals surface area contributed by atoms with Crippen LogP contribution in [0.15, 0.2) is 18.3 Å². The Labute approximate surface area is 109 Å². The average Bonchev–Trinajstić information content (AvgIpc) is 2.40. The van der Waals surface area contributed by atoms with Gasteiger partial charge in [0.25, 0.3) is 0 Å². The molecule has 1 aromatic rings. The molecule has 4 heteroatoms. The van der Waals surface area contributed by atoms with Crippen LogP contribution < -0.4 is 5.32 Å². The van der Waals surface area contributed by atoms with Crippen molar-refractivity contribution < 1.29 is 0 Å². The largest absolute Gasteiger partial charge is 0.366 e. The first-order chi connectivity index (χ1) is 8.78. The number of aromatic nitrogens is 1. The van der Waals surface area contributed by atoms with Crippen molar-refractivity contribution in [2.45, 2.75) is 32.2 Å². The molecule has 2 rings (SSSR count). The Bertz CT molecular complexity index is 418. The van der Waals surface area contributed by atoms with Gasteiger partial charge >= 0.3 is 0 Å². The van der Waals surface area contributed by atoms with Gasteiger partial charge in [-0.05, 0) is 45.0 Å². The van der Waals surface area contributed by atoms with Crippen LogP contribution in [0.2, 0.25) is 0 Å². The summed E-state index contributed by atoms with van der Waals surface area (Å²) in [5, 5.41) is 12.2. The molecule has 18 heavy (non-hydrogen) atoms. The van der Waals surface area contributed by atoms with E-state index in [0.29, 0.717) is 11.6 Å². The van der Waals surface area contributed by atoms with E-state index in [1.807, 2.05) is 0 Å². The summed E-state index contributed by atoms with van der Waals surface area (Å²) in [7, 11) is 0. The molecule has 0 bridgehead atoms. The van der Waals surface area contributed by atoms with E-state index in [9.17, 15) is 0 Å². The molecule has 96 valence electrons. The summed E-state index contributed by atoms with van der Waals surface area (Å²) in [4.78, 5) is 6.74. The van der Waals surface area contributed by atoms with Gasteiger partial charge in [-0.25, -0.2) is 4.98 Å². The Kier molecular flexibility index (Phi) is 4.54. The molecule has 1 atom stereocenters. The third-order valence-electron chi connectivity index (χ3n) is 3.26. The number of hydrogen-bond acceptors (Lipinski definition) is 4. The predicted octanol–water partition coefficient (Wildman–Crippen LogP) is 2.24. The van der Waals surface area contributed by atoms with Crippen LogP contribution in [0.3, 0.4) is 0 Å². The lowest BCUT2D eigenvalue weighted by molar-refractivity contribution is 0.223. The number of pyridine rings is 1. The summed E-state index contributed by atoms with van der Waals surface area (Å²) in [5.74, 6) is 0.790. The van der Waals surface area contributed by atoms with E-state index in [1.54, 1.807) is 18.3 Å². The molecule has 1 unspecified atom stereocenters. The quantitative estimate of drug-likeness (QED) is 0.882. The number of rotatable bonds is 4. The van der Waals surface area contributed by atoms with E-state index in [0.717, 1.165) is 12.4 Å². The average molecular weight is 244 g/mol. The molecule has 1 N–H and O–H groups in total. The molecule has 0 amide bonds. The first kappa shape index (κ1) is 12.8. The smallest absolute Gasteiger partial charge is 0.127 e. The highest BCUT2D eigenvalue weighted by atomic mass is 15.2. The molecular formula is C14H20N4. The van der Waals surface area contributed by atoms with E-state index in [1.165, 1.54) is 32.4 Å². The van der Waals surface area contributed by atoms with Crippen molar-refractivity contribution in [3.05, 3.63) is 23.9 Å². The zero-order chi connectivity index (χ0) is 12.8. The first-order valence-corrected chi connectivity index (χ1v) is 6.63. The Balaban J connectivity index is 1.86. The van der Waals surface area contributed by atoms with Gasteiger partial charge in [0.05, 0.1) is 11.6 Å². The minimum absolute atomic E-state index is 0.351. The molecule has 1 fully saturated rings. The zero-order valence-corrected chi connectivity index (χ0v) is 10.9. The lowest BCUT2D eigenvalue weighted by atomic mass is 10.1. The van der Waals surface area contributed by atoms with Gasteiger partial charge in [0.2, 0.25) is 0 Å². The maximum Gasteiger partial charge on any atom is 0.127 e. The summed E-state index contributed by atoms with van der Waals surface area (Å²) in [6.45, 7) is 5.61. The fourth-order valence-corrected chi connectivity index (χ4v) is 2.41. The molecule has 0 spiro atoms. The van der Waals surface area contributed by atoms with Gasteiger partial charge in [-0.1, -0.05) is 6.42 Å². The molecule has 4 nitrogen and oxygen atoms in total. The summed E-state index contributed by atoms with van der Waals surface area (Å²) < 4.78 is 0. The Morgan fingerprint density at radius 3 is 2.94 bits per heavy atom. The van der Waals surface area contributed by atoms with Gasteiger partial charge in [-0.2, -0.15) is 5.26 Å². The van der Waals surface area contributed by atoms with E-state index < -0.39 is 0 Å². The highest BCUT2D eigenvalue weighted by molar-refractivity contribution is 5.42. The van der Waals surface area contributed by atoms with Crippen LogP contribution in [0.4, 0.5) is 5.82 Å². The Morgan fingerprint density at radius 2 is 2.22 bits per heavy atom. The van der Waals surface area contributed by atoms with Crippen molar-refractivity contribution in [3.8, 4) is 6.07 Å². The van der Waals surface area contributed by atoms with Crippen molar-refractivity contribution >= 4 is 5.82 Å². The maximum atomic E-state index is 8.84. The molecule has 1 aliphatic heterocycles. The van der Waals surface area contributed by atoms with Crippen molar-refractivity contribution in [1.82, 2.24) is 9.88 Å². The number of nitriles is 1. The Morgan fingerprint density at radius 1 is 1.44 bits per heavy atom. The molecular weight excluding hydrogens is 224 g/mol. The van der Waals surface area contributed by atoms with E-state index in [2.05, 4.69) is 28.2 Å². The SMILES string of the molecule is CC(CN1CCCCC1)Nc1cc(C#N)ccn1. The van der Waals surface area contributed by atoms with Crippen molar-refractivity contribution in [3.63, 3.8) is 0 Å². The second-order valence-corrected chi connectivity index (χ2v) is 4.95. The number of hydrogen-bond donors (Lipinski definition) is 1. The van der Waals surface area contributed by atoms with Gasteiger partial charge in [0.1, 0.15) is 5.82 Å². The first-order valence-electron chi connectivity index (χ1n) is 6.63. The standard InChI is InChI=1S/C14H20N4/c1-12(11-18-7-3-2-4-8-18)17-14-9-13(10-15)5-6-16-14/h5-6,9,12H,2-4,7-8,11H2,1H3,(H,16,17). The third kappa shape index (κ3) is 3.71. The van der Waals surface area contributed by atoms with Gasteiger partial charge in [-0.3, -0.25) is 0 Å².